The largest absolute Gasteiger partial charge is 0.460 e. The van der Waals surface area contributed by atoms with Gasteiger partial charge < -0.3 is 10.1 Å². The van der Waals surface area contributed by atoms with E-state index in [9.17, 15) is 18.0 Å². The van der Waals surface area contributed by atoms with Crippen LogP contribution in [0.5, 0.6) is 0 Å². The van der Waals surface area contributed by atoms with Crippen molar-refractivity contribution in [3.8, 4) is 0 Å². The molecule has 0 aromatic heterocycles. The average molecular weight is 404 g/mol. The lowest BCUT2D eigenvalue weighted by Crippen LogP contribution is -2.39. The second-order valence-electron chi connectivity index (χ2n) is 6.59. The van der Waals surface area contributed by atoms with Crippen molar-refractivity contribution >= 4 is 27.6 Å². The number of ether oxygens (including phenoxy) is 1. The highest BCUT2D eigenvalue weighted by atomic mass is 32.2. The second kappa shape index (κ2) is 8.99. The maximum absolute atomic E-state index is 12.4. The zero-order valence-corrected chi connectivity index (χ0v) is 17.1. The molecule has 0 spiro atoms. The molecular formula is C20H24N2O5S. The van der Waals surface area contributed by atoms with Crippen LogP contribution in [-0.4, -0.2) is 26.3 Å². The molecule has 2 rings (SSSR count). The van der Waals surface area contributed by atoms with E-state index in [1.807, 2.05) is 32.0 Å². The minimum atomic E-state index is -3.91. The van der Waals surface area contributed by atoms with Gasteiger partial charge in [-0.15, -0.1) is 0 Å². The number of hydrogen-bond acceptors (Lipinski definition) is 5. The van der Waals surface area contributed by atoms with Crippen LogP contribution in [0.3, 0.4) is 0 Å². The third kappa shape index (κ3) is 5.90. The van der Waals surface area contributed by atoms with Crippen molar-refractivity contribution < 1.29 is 22.7 Å². The Balaban J connectivity index is 1.99. The molecule has 0 unspecified atom stereocenters. The summed E-state index contributed by atoms with van der Waals surface area (Å²) in [5.41, 5.74) is 3.39. The minimum absolute atomic E-state index is 0.0178. The molecule has 0 radical (unpaired) electrons. The van der Waals surface area contributed by atoms with Crippen molar-refractivity contribution in [2.45, 2.75) is 45.2 Å². The highest BCUT2D eigenvalue weighted by molar-refractivity contribution is 7.89. The van der Waals surface area contributed by atoms with Crippen LogP contribution in [0, 0.1) is 13.8 Å². The summed E-state index contributed by atoms with van der Waals surface area (Å²) in [5.74, 6) is -0.923. The first kappa shape index (κ1) is 21.6. The standard InChI is InChI=1S/C20H24N2O5S/c1-13-5-6-14(2)17(11-13)12-27-20(24)15(3)22-28(25,26)19-9-7-18(8-10-19)21-16(4)23/h5-11,15,22H,12H2,1-4H3,(H,21,23)/t15-/m0/s1. The fourth-order valence-corrected chi connectivity index (χ4v) is 3.69. The van der Waals surface area contributed by atoms with Gasteiger partial charge in [0.25, 0.3) is 0 Å². The molecule has 0 aliphatic carbocycles. The molecule has 0 saturated carbocycles. The van der Waals surface area contributed by atoms with Crippen LogP contribution in [0.2, 0.25) is 0 Å². The normalized spacial score (nSPS) is 12.3. The van der Waals surface area contributed by atoms with E-state index in [1.54, 1.807) is 0 Å². The van der Waals surface area contributed by atoms with Crippen LogP contribution in [0.25, 0.3) is 0 Å². The molecule has 8 heteroatoms. The Labute approximate surface area is 165 Å². The number of amides is 1. The fourth-order valence-electron chi connectivity index (χ4n) is 2.50. The average Bonchev–Trinajstić information content (AvgIpc) is 2.61. The molecule has 150 valence electrons. The van der Waals surface area contributed by atoms with Gasteiger partial charge in [0.2, 0.25) is 15.9 Å². The Hall–Kier alpha value is -2.71. The van der Waals surface area contributed by atoms with E-state index in [1.165, 1.54) is 38.1 Å². The van der Waals surface area contributed by atoms with E-state index in [-0.39, 0.29) is 17.4 Å². The van der Waals surface area contributed by atoms with E-state index in [2.05, 4.69) is 10.0 Å². The second-order valence-corrected chi connectivity index (χ2v) is 8.30. The molecule has 1 amide bonds. The molecule has 0 aliphatic heterocycles. The molecule has 0 saturated heterocycles. The zero-order valence-electron chi connectivity index (χ0n) is 16.3. The van der Waals surface area contributed by atoms with Crippen LogP contribution in [-0.2, 0) is 31.0 Å². The van der Waals surface area contributed by atoms with Crippen LogP contribution >= 0.6 is 0 Å². The van der Waals surface area contributed by atoms with Crippen molar-refractivity contribution in [3.63, 3.8) is 0 Å². The quantitative estimate of drug-likeness (QED) is 0.691. The molecule has 2 aromatic carbocycles. The number of benzene rings is 2. The fraction of sp³-hybridized carbons (Fsp3) is 0.300. The van der Waals surface area contributed by atoms with Crippen LogP contribution in [0.15, 0.2) is 47.4 Å². The molecule has 0 aliphatic rings. The SMILES string of the molecule is CC(=O)Nc1ccc(S(=O)(=O)N[C@@H](C)C(=O)OCc2cc(C)ccc2C)cc1. The zero-order chi connectivity index (χ0) is 20.9. The van der Waals surface area contributed by atoms with Gasteiger partial charge in [-0.25, -0.2) is 8.42 Å². The van der Waals surface area contributed by atoms with Crippen molar-refractivity contribution in [2.24, 2.45) is 0 Å². The number of rotatable bonds is 7. The Morgan fingerprint density at radius 1 is 1.07 bits per heavy atom. The Morgan fingerprint density at radius 2 is 1.71 bits per heavy atom. The Kier molecular flexibility index (Phi) is 6.93. The molecule has 0 heterocycles. The Bertz CT molecular complexity index is 969. The maximum atomic E-state index is 12.4. The molecular weight excluding hydrogens is 380 g/mol. The number of anilines is 1. The molecule has 28 heavy (non-hydrogen) atoms. The topological polar surface area (TPSA) is 102 Å². The van der Waals surface area contributed by atoms with Crippen molar-refractivity contribution in [1.82, 2.24) is 4.72 Å². The van der Waals surface area contributed by atoms with Gasteiger partial charge in [0.1, 0.15) is 12.6 Å². The molecule has 0 bridgehead atoms. The van der Waals surface area contributed by atoms with Gasteiger partial charge in [-0.3, -0.25) is 9.59 Å². The number of carbonyl (C=O) groups is 2. The molecule has 2 aromatic rings. The van der Waals surface area contributed by atoms with Gasteiger partial charge in [0.15, 0.2) is 0 Å². The van der Waals surface area contributed by atoms with Gasteiger partial charge >= 0.3 is 5.97 Å². The number of sulfonamides is 1. The van der Waals surface area contributed by atoms with Gasteiger partial charge in [0.05, 0.1) is 4.90 Å². The summed E-state index contributed by atoms with van der Waals surface area (Å²) in [5, 5.41) is 2.55. The summed E-state index contributed by atoms with van der Waals surface area (Å²) in [6.45, 7) is 6.72. The van der Waals surface area contributed by atoms with Crippen LogP contribution in [0.1, 0.15) is 30.5 Å². The van der Waals surface area contributed by atoms with E-state index in [4.69, 9.17) is 4.74 Å². The first-order valence-corrected chi connectivity index (χ1v) is 10.2. The summed E-state index contributed by atoms with van der Waals surface area (Å²) < 4.78 is 32.5. The molecule has 0 fully saturated rings. The lowest BCUT2D eigenvalue weighted by molar-refractivity contribution is -0.146. The summed E-state index contributed by atoms with van der Waals surface area (Å²) in [7, 11) is -3.91. The number of carbonyl (C=O) groups excluding carboxylic acids is 2. The van der Waals surface area contributed by atoms with E-state index in [0.717, 1.165) is 16.7 Å². The lowest BCUT2D eigenvalue weighted by Gasteiger charge is -2.15. The lowest BCUT2D eigenvalue weighted by atomic mass is 10.1. The number of hydrogen-bond donors (Lipinski definition) is 2. The molecule has 7 nitrogen and oxygen atoms in total. The summed E-state index contributed by atoms with van der Waals surface area (Å²) in [6, 6.07) is 10.4. The van der Waals surface area contributed by atoms with Gasteiger partial charge in [-0.1, -0.05) is 23.8 Å². The van der Waals surface area contributed by atoms with Gasteiger partial charge in [-0.2, -0.15) is 4.72 Å². The van der Waals surface area contributed by atoms with Crippen molar-refractivity contribution in [2.75, 3.05) is 5.32 Å². The predicted molar refractivity (Wildman–Crippen MR) is 106 cm³/mol. The first-order chi connectivity index (χ1) is 13.1. The molecule has 2 N–H and O–H groups in total. The summed E-state index contributed by atoms with van der Waals surface area (Å²) in [4.78, 5) is 23.2. The van der Waals surface area contributed by atoms with Crippen LogP contribution < -0.4 is 10.0 Å². The highest BCUT2D eigenvalue weighted by Crippen LogP contribution is 2.15. The predicted octanol–water partition coefficient (Wildman–Crippen LogP) is 2.67. The third-order valence-corrected chi connectivity index (χ3v) is 5.60. The highest BCUT2D eigenvalue weighted by Gasteiger charge is 2.23. The number of aryl methyl sites for hydroxylation is 2. The van der Waals surface area contributed by atoms with Crippen molar-refractivity contribution in [3.05, 3.63) is 59.2 Å². The summed E-state index contributed by atoms with van der Waals surface area (Å²) in [6.07, 6.45) is 0. The van der Waals surface area contributed by atoms with E-state index < -0.39 is 22.0 Å². The molecule has 1 atom stereocenters. The van der Waals surface area contributed by atoms with Crippen LogP contribution in [0.4, 0.5) is 5.69 Å². The summed E-state index contributed by atoms with van der Waals surface area (Å²) >= 11 is 0. The number of nitrogens with one attached hydrogen (secondary N) is 2. The van der Waals surface area contributed by atoms with Crippen molar-refractivity contribution in [1.29, 1.82) is 0 Å². The third-order valence-electron chi connectivity index (χ3n) is 4.05. The van der Waals surface area contributed by atoms with Gasteiger partial charge in [-0.05, 0) is 56.2 Å². The number of esters is 1. The smallest absolute Gasteiger partial charge is 0.324 e. The van der Waals surface area contributed by atoms with E-state index in [0.29, 0.717) is 5.69 Å². The maximum Gasteiger partial charge on any atom is 0.324 e. The Morgan fingerprint density at radius 3 is 2.32 bits per heavy atom. The van der Waals surface area contributed by atoms with E-state index >= 15 is 0 Å². The first-order valence-electron chi connectivity index (χ1n) is 8.71. The monoisotopic (exact) mass is 404 g/mol. The van der Waals surface area contributed by atoms with Gasteiger partial charge in [0, 0.05) is 12.6 Å². The minimum Gasteiger partial charge on any atom is -0.460 e.